The van der Waals surface area contributed by atoms with E-state index in [1.807, 2.05) is 13.0 Å². The van der Waals surface area contributed by atoms with Crippen molar-refractivity contribution in [2.45, 2.75) is 38.5 Å². The van der Waals surface area contributed by atoms with E-state index in [0.29, 0.717) is 5.15 Å². The molecule has 2 heteroatoms. The minimum atomic E-state index is 0.641. The number of nitrogens with zero attached hydrogens (tertiary/aromatic N) is 1. The summed E-state index contributed by atoms with van der Waals surface area (Å²) in [4.78, 5) is 4.17. The highest BCUT2D eigenvalue weighted by Crippen LogP contribution is 2.34. The van der Waals surface area contributed by atoms with Crippen LogP contribution >= 0.6 is 11.6 Å². The lowest BCUT2D eigenvalue weighted by atomic mass is 9.98. The zero-order valence-electron chi connectivity index (χ0n) is 7.89. The Morgan fingerprint density at radius 2 is 2.00 bits per heavy atom. The Bertz CT molecular complexity index is 283. The lowest BCUT2D eigenvalue weighted by molar-refractivity contribution is 0.720. The predicted octanol–water partition coefficient (Wildman–Crippen LogP) is 3.70. The molecule has 0 radical (unpaired) electrons. The molecule has 0 atom stereocenters. The quantitative estimate of drug-likeness (QED) is 0.623. The molecule has 1 aliphatic carbocycles. The topological polar surface area (TPSA) is 12.9 Å². The summed E-state index contributed by atoms with van der Waals surface area (Å²) in [6, 6.07) is 4.19. The van der Waals surface area contributed by atoms with Crippen LogP contribution in [0, 0.1) is 6.92 Å². The van der Waals surface area contributed by atoms with Gasteiger partial charge in [0.1, 0.15) is 5.15 Å². The maximum Gasteiger partial charge on any atom is 0.129 e. The van der Waals surface area contributed by atoms with Gasteiger partial charge in [0, 0.05) is 5.69 Å². The highest BCUT2D eigenvalue weighted by molar-refractivity contribution is 6.29. The van der Waals surface area contributed by atoms with Crippen molar-refractivity contribution in [3.8, 4) is 0 Å². The van der Waals surface area contributed by atoms with Gasteiger partial charge in [0.25, 0.3) is 0 Å². The van der Waals surface area contributed by atoms with Crippen LogP contribution in [0.25, 0.3) is 0 Å². The normalized spacial score (nSPS) is 18.0. The molecule has 0 aromatic carbocycles. The van der Waals surface area contributed by atoms with E-state index in [0.717, 1.165) is 11.6 Å². The van der Waals surface area contributed by atoms with Crippen LogP contribution in [0.15, 0.2) is 12.1 Å². The Balaban J connectivity index is 2.28. The summed E-state index contributed by atoms with van der Waals surface area (Å²) in [5.74, 6) is 0.735. The first kappa shape index (κ1) is 9.01. The first-order chi connectivity index (χ1) is 6.25. The van der Waals surface area contributed by atoms with Gasteiger partial charge >= 0.3 is 0 Å². The lowest BCUT2D eigenvalue weighted by Gasteiger charge is -2.09. The molecule has 1 aromatic rings. The van der Waals surface area contributed by atoms with Gasteiger partial charge in [-0.25, -0.2) is 4.98 Å². The summed E-state index contributed by atoms with van der Waals surface area (Å²) < 4.78 is 0. The molecule has 1 aliphatic rings. The van der Waals surface area contributed by atoms with Crippen molar-refractivity contribution in [3.63, 3.8) is 0 Å². The maximum absolute atomic E-state index is 5.92. The van der Waals surface area contributed by atoms with Crippen LogP contribution in [-0.2, 0) is 0 Å². The molecule has 0 saturated heterocycles. The summed E-state index contributed by atoms with van der Waals surface area (Å²) in [6.45, 7) is 2.00. The van der Waals surface area contributed by atoms with Crippen molar-refractivity contribution < 1.29 is 0 Å². The molecule has 0 aliphatic heterocycles. The number of halogens is 1. The van der Waals surface area contributed by atoms with Gasteiger partial charge in [-0.15, -0.1) is 0 Å². The number of hydrogen-bond donors (Lipinski definition) is 0. The first-order valence-corrected chi connectivity index (χ1v) is 5.27. The van der Waals surface area contributed by atoms with Gasteiger partial charge < -0.3 is 0 Å². The number of aromatic nitrogens is 1. The molecule has 0 unspecified atom stereocenters. The van der Waals surface area contributed by atoms with E-state index in [9.17, 15) is 0 Å². The van der Waals surface area contributed by atoms with Crippen LogP contribution < -0.4 is 0 Å². The Morgan fingerprint density at radius 3 is 2.62 bits per heavy atom. The SMILES string of the molecule is Cc1cc(C2CCCC2)cc(Cl)n1. The third kappa shape index (κ3) is 2.02. The molecule has 1 heterocycles. The van der Waals surface area contributed by atoms with Gasteiger partial charge in [0.05, 0.1) is 0 Å². The van der Waals surface area contributed by atoms with E-state index in [-0.39, 0.29) is 0 Å². The fourth-order valence-corrected chi connectivity index (χ4v) is 2.41. The zero-order chi connectivity index (χ0) is 9.26. The maximum atomic E-state index is 5.92. The van der Waals surface area contributed by atoms with Crippen molar-refractivity contribution in [1.29, 1.82) is 0 Å². The van der Waals surface area contributed by atoms with Crippen LogP contribution in [0.2, 0.25) is 5.15 Å². The van der Waals surface area contributed by atoms with E-state index in [1.54, 1.807) is 0 Å². The molecule has 13 heavy (non-hydrogen) atoms. The van der Waals surface area contributed by atoms with Crippen LogP contribution in [0.1, 0.15) is 42.9 Å². The van der Waals surface area contributed by atoms with Gasteiger partial charge in [-0.2, -0.15) is 0 Å². The van der Waals surface area contributed by atoms with Gasteiger partial charge in [-0.1, -0.05) is 24.4 Å². The average Bonchev–Trinajstić information content (AvgIpc) is 2.53. The van der Waals surface area contributed by atoms with Gasteiger partial charge in [-0.3, -0.25) is 0 Å². The van der Waals surface area contributed by atoms with E-state index in [2.05, 4.69) is 11.1 Å². The van der Waals surface area contributed by atoms with E-state index in [1.165, 1.54) is 31.2 Å². The average molecular weight is 196 g/mol. The van der Waals surface area contributed by atoms with Crippen LogP contribution in [0.5, 0.6) is 0 Å². The molecule has 0 spiro atoms. The molecule has 70 valence electrons. The molecule has 1 nitrogen and oxygen atoms in total. The van der Waals surface area contributed by atoms with Crippen molar-refractivity contribution >= 4 is 11.6 Å². The van der Waals surface area contributed by atoms with E-state index in [4.69, 9.17) is 11.6 Å². The van der Waals surface area contributed by atoms with Crippen molar-refractivity contribution in [3.05, 3.63) is 28.5 Å². The lowest BCUT2D eigenvalue weighted by Crippen LogP contribution is -1.94. The second-order valence-electron chi connectivity index (χ2n) is 3.85. The molecular weight excluding hydrogens is 182 g/mol. The van der Waals surface area contributed by atoms with E-state index < -0.39 is 0 Å². The summed E-state index contributed by atoms with van der Waals surface area (Å²) in [7, 11) is 0. The van der Waals surface area contributed by atoms with Crippen LogP contribution in [-0.4, -0.2) is 4.98 Å². The fraction of sp³-hybridized carbons (Fsp3) is 0.545. The third-order valence-corrected chi connectivity index (χ3v) is 2.96. The predicted molar refractivity (Wildman–Crippen MR) is 55.2 cm³/mol. The van der Waals surface area contributed by atoms with Crippen molar-refractivity contribution in [2.24, 2.45) is 0 Å². The van der Waals surface area contributed by atoms with Crippen LogP contribution in [0.4, 0.5) is 0 Å². The Hall–Kier alpha value is -0.560. The van der Waals surface area contributed by atoms with E-state index >= 15 is 0 Å². The molecule has 2 rings (SSSR count). The van der Waals surface area contributed by atoms with Gasteiger partial charge in [0.15, 0.2) is 0 Å². The minimum Gasteiger partial charge on any atom is -0.241 e. The highest BCUT2D eigenvalue weighted by atomic mass is 35.5. The monoisotopic (exact) mass is 195 g/mol. The fourth-order valence-electron chi connectivity index (χ4n) is 2.15. The largest absolute Gasteiger partial charge is 0.241 e. The summed E-state index contributed by atoms with van der Waals surface area (Å²) in [6.07, 6.45) is 5.37. The standard InChI is InChI=1S/C11H14ClN/c1-8-6-10(7-11(12)13-8)9-4-2-3-5-9/h6-7,9H,2-5H2,1H3. The molecule has 1 aromatic heterocycles. The van der Waals surface area contributed by atoms with Crippen molar-refractivity contribution in [2.75, 3.05) is 0 Å². The molecular formula is C11H14ClN. The number of aryl methyl sites for hydroxylation is 1. The Labute approximate surface area is 84.1 Å². The smallest absolute Gasteiger partial charge is 0.129 e. The molecule has 0 N–H and O–H groups in total. The second-order valence-corrected chi connectivity index (χ2v) is 4.23. The number of hydrogen-bond acceptors (Lipinski definition) is 1. The summed E-state index contributed by atoms with van der Waals surface area (Å²) in [5, 5.41) is 0.641. The van der Waals surface area contributed by atoms with Crippen molar-refractivity contribution in [1.82, 2.24) is 4.98 Å². The van der Waals surface area contributed by atoms with Crippen LogP contribution in [0.3, 0.4) is 0 Å². The molecule has 1 fully saturated rings. The second kappa shape index (κ2) is 3.67. The number of rotatable bonds is 1. The van der Waals surface area contributed by atoms with Gasteiger partial charge in [0.2, 0.25) is 0 Å². The van der Waals surface area contributed by atoms with Gasteiger partial charge in [-0.05, 0) is 43.4 Å². The molecule has 0 amide bonds. The zero-order valence-corrected chi connectivity index (χ0v) is 8.64. The first-order valence-electron chi connectivity index (χ1n) is 4.90. The summed E-state index contributed by atoms with van der Waals surface area (Å²) >= 11 is 5.92. The summed E-state index contributed by atoms with van der Waals surface area (Å²) in [5.41, 5.74) is 2.42. The highest BCUT2D eigenvalue weighted by Gasteiger charge is 2.17. The Kier molecular flexibility index (Phi) is 2.54. The molecule has 0 bridgehead atoms. The number of pyridine rings is 1. The Morgan fingerprint density at radius 1 is 1.31 bits per heavy atom. The molecule has 1 saturated carbocycles. The third-order valence-electron chi connectivity index (χ3n) is 2.77. The minimum absolute atomic E-state index is 0.641.